The van der Waals surface area contributed by atoms with Crippen LogP contribution in [0.5, 0.6) is 5.88 Å². The molecule has 0 aliphatic carbocycles. The lowest BCUT2D eigenvalue weighted by Gasteiger charge is -2.22. The summed E-state index contributed by atoms with van der Waals surface area (Å²) < 4.78 is 8.10. The van der Waals surface area contributed by atoms with Gasteiger partial charge in [0, 0.05) is 20.1 Å². The largest absolute Gasteiger partial charge is 0.476 e. The summed E-state index contributed by atoms with van der Waals surface area (Å²) in [6.07, 6.45) is 4.02. The zero-order valence-electron chi connectivity index (χ0n) is 19.4. The number of benzene rings is 2. The zero-order valence-corrected chi connectivity index (χ0v) is 22.5. The van der Waals surface area contributed by atoms with Gasteiger partial charge in [-0.05, 0) is 56.1 Å². The minimum absolute atomic E-state index is 0.574. The number of hydrogen-bond acceptors (Lipinski definition) is 4. The van der Waals surface area contributed by atoms with Crippen LogP contribution in [0.4, 0.5) is 0 Å². The summed E-state index contributed by atoms with van der Waals surface area (Å²) in [5, 5.41) is 3.39. The Balaban J connectivity index is 0.000000860. The van der Waals surface area contributed by atoms with E-state index in [1.54, 1.807) is 6.20 Å². The Labute approximate surface area is 209 Å². The maximum absolute atomic E-state index is 6.02. The van der Waals surface area contributed by atoms with Gasteiger partial charge in [0.2, 0.25) is 5.88 Å². The van der Waals surface area contributed by atoms with E-state index in [0.29, 0.717) is 18.4 Å². The van der Waals surface area contributed by atoms with E-state index >= 15 is 0 Å². The van der Waals surface area contributed by atoms with Crippen LogP contribution in [-0.4, -0.2) is 29.7 Å². The summed E-state index contributed by atoms with van der Waals surface area (Å²) in [5.41, 5.74) is 3.72. The summed E-state index contributed by atoms with van der Waals surface area (Å²) in [5.74, 6) is 1.16. The normalized spacial score (nSPS) is 13.3. The molecular weight excluding hydrogens is 530 g/mol. The minimum atomic E-state index is 0.574. The molecule has 0 amide bonds. The number of nitrogens with zero attached hydrogens (tertiary/aromatic N) is 2. The molecule has 1 saturated heterocycles. The van der Waals surface area contributed by atoms with Gasteiger partial charge in [0.15, 0.2) is 0 Å². The molecule has 1 aliphatic rings. The quantitative estimate of drug-likeness (QED) is 0.345. The Bertz CT molecular complexity index is 925. The van der Waals surface area contributed by atoms with Gasteiger partial charge < -0.3 is 10.1 Å². The number of aromatic nitrogens is 2. The molecular formula is C26H33Br2N3O. The van der Waals surface area contributed by atoms with E-state index < -0.39 is 0 Å². The van der Waals surface area contributed by atoms with Crippen molar-refractivity contribution >= 4 is 31.9 Å². The summed E-state index contributed by atoms with van der Waals surface area (Å²) in [4.78, 5) is 9.54. The highest BCUT2D eigenvalue weighted by atomic mass is 79.9. The number of ether oxygens (including phenoxy) is 1. The van der Waals surface area contributed by atoms with Crippen LogP contribution in [0.3, 0.4) is 0 Å². The molecule has 2 heterocycles. The van der Waals surface area contributed by atoms with Gasteiger partial charge in [-0.1, -0.05) is 83.8 Å². The predicted octanol–water partition coefficient (Wildman–Crippen LogP) is 7.77. The molecule has 3 aromatic rings. The van der Waals surface area contributed by atoms with Gasteiger partial charge in [-0.2, -0.15) is 0 Å². The lowest BCUT2D eigenvalue weighted by atomic mass is 9.99. The number of rotatable bonds is 5. The van der Waals surface area contributed by atoms with Crippen LogP contribution < -0.4 is 10.1 Å². The maximum atomic E-state index is 6.02. The second kappa shape index (κ2) is 14.4. The molecule has 1 fully saturated rings. The monoisotopic (exact) mass is 561 g/mol. The Hall–Kier alpha value is -1.76. The van der Waals surface area contributed by atoms with Crippen molar-refractivity contribution < 1.29 is 4.74 Å². The first-order valence-corrected chi connectivity index (χ1v) is 13.0. The van der Waals surface area contributed by atoms with Crippen molar-refractivity contribution in [3.05, 3.63) is 63.7 Å². The summed E-state index contributed by atoms with van der Waals surface area (Å²) in [7, 11) is 0. The molecule has 0 unspecified atom stereocenters. The van der Waals surface area contributed by atoms with E-state index in [1.165, 1.54) is 0 Å². The molecule has 0 bridgehead atoms. The third-order valence-electron chi connectivity index (χ3n) is 4.91. The molecule has 1 aromatic heterocycles. The van der Waals surface area contributed by atoms with Gasteiger partial charge in [-0.15, -0.1) is 0 Å². The smallest absolute Gasteiger partial charge is 0.232 e. The van der Waals surface area contributed by atoms with Gasteiger partial charge in [0.25, 0.3) is 0 Å². The highest BCUT2D eigenvalue weighted by Crippen LogP contribution is 2.32. The van der Waals surface area contributed by atoms with Crippen LogP contribution in [0.1, 0.15) is 40.5 Å². The molecule has 32 heavy (non-hydrogen) atoms. The van der Waals surface area contributed by atoms with Gasteiger partial charge in [-0.25, -0.2) is 9.97 Å². The molecule has 172 valence electrons. The van der Waals surface area contributed by atoms with Crippen LogP contribution in [0.15, 0.2) is 63.7 Å². The molecule has 0 atom stereocenters. The van der Waals surface area contributed by atoms with Crippen LogP contribution >= 0.6 is 31.9 Å². The lowest BCUT2D eigenvalue weighted by molar-refractivity contribution is 0.208. The Morgan fingerprint density at radius 3 is 1.84 bits per heavy atom. The maximum Gasteiger partial charge on any atom is 0.232 e. The second-order valence-electron chi connectivity index (χ2n) is 6.92. The first kappa shape index (κ1) is 26.5. The van der Waals surface area contributed by atoms with Crippen molar-refractivity contribution in [2.45, 2.75) is 40.5 Å². The summed E-state index contributed by atoms with van der Waals surface area (Å²) >= 11 is 7.00. The van der Waals surface area contributed by atoms with Crippen molar-refractivity contribution in [3.63, 3.8) is 0 Å². The third-order valence-corrected chi connectivity index (χ3v) is 5.97. The fraction of sp³-hybridized carbons (Fsp3) is 0.385. The predicted molar refractivity (Wildman–Crippen MR) is 142 cm³/mol. The lowest BCUT2D eigenvalue weighted by Crippen LogP contribution is -2.30. The van der Waals surface area contributed by atoms with E-state index in [2.05, 4.69) is 37.2 Å². The topological polar surface area (TPSA) is 47.0 Å². The number of piperidine rings is 1. The Morgan fingerprint density at radius 1 is 0.812 bits per heavy atom. The molecule has 0 spiro atoms. The first-order chi connectivity index (χ1) is 15.7. The summed E-state index contributed by atoms with van der Waals surface area (Å²) in [6.45, 7) is 10.8. The fourth-order valence-electron chi connectivity index (χ4n) is 3.32. The molecule has 4 rings (SSSR count). The first-order valence-electron chi connectivity index (χ1n) is 11.4. The summed E-state index contributed by atoms with van der Waals surface area (Å²) in [6, 6.07) is 16.3. The fourth-order valence-corrected chi connectivity index (χ4v) is 3.85. The zero-order chi connectivity index (χ0) is 23.3. The van der Waals surface area contributed by atoms with E-state index in [-0.39, 0.29) is 0 Å². The SMILES string of the molecule is Brc1ccc(-c2ncc(OCC3CCNCC3)nc2-c2ccc(Br)cc2)cc1.CC.CC. The van der Waals surface area contributed by atoms with Gasteiger partial charge in [-0.3, -0.25) is 0 Å². The molecule has 2 aromatic carbocycles. The van der Waals surface area contributed by atoms with E-state index in [0.717, 1.165) is 57.4 Å². The van der Waals surface area contributed by atoms with Crippen LogP contribution in [-0.2, 0) is 0 Å². The van der Waals surface area contributed by atoms with E-state index in [4.69, 9.17) is 14.7 Å². The molecule has 4 nitrogen and oxygen atoms in total. The van der Waals surface area contributed by atoms with E-state index in [1.807, 2.05) is 76.2 Å². The van der Waals surface area contributed by atoms with Gasteiger partial charge in [0.05, 0.1) is 18.5 Å². The number of halogens is 2. The Kier molecular flexibility index (Phi) is 11.9. The van der Waals surface area contributed by atoms with Crippen LogP contribution in [0, 0.1) is 5.92 Å². The average molecular weight is 563 g/mol. The van der Waals surface area contributed by atoms with Crippen molar-refractivity contribution in [2.75, 3.05) is 19.7 Å². The third kappa shape index (κ3) is 7.68. The standard InChI is InChI=1S/C22H21Br2N3O.2C2H6/c23-18-5-1-16(2-6-18)21-22(17-3-7-19(24)8-4-17)27-20(13-26-21)28-14-15-9-11-25-12-10-15;2*1-2/h1-8,13,15,25H,9-12,14H2;2*1-2H3. The minimum Gasteiger partial charge on any atom is -0.476 e. The number of hydrogen-bond donors (Lipinski definition) is 1. The molecule has 0 radical (unpaired) electrons. The molecule has 6 heteroatoms. The van der Waals surface area contributed by atoms with Crippen LogP contribution in [0.25, 0.3) is 22.5 Å². The Morgan fingerprint density at radius 2 is 1.31 bits per heavy atom. The van der Waals surface area contributed by atoms with Crippen molar-refractivity contribution in [1.82, 2.24) is 15.3 Å². The van der Waals surface area contributed by atoms with Crippen LogP contribution in [0.2, 0.25) is 0 Å². The van der Waals surface area contributed by atoms with Crippen molar-refractivity contribution in [2.24, 2.45) is 5.92 Å². The highest BCUT2D eigenvalue weighted by Gasteiger charge is 2.16. The van der Waals surface area contributed by atoms with Crippen molar-refractivity contribution in [3.8, 4) is 28.4 Å². The molecule has 1 aliphatic heterocycles. The number of nitrogens with one attached hydrogen (secondary N) is 1. The second-order valence-corrected chi connectivity index (χ2v) is 8.75. The van der Waals surface area contributed by atoms with E-state index in [9.17, 15) is 0 Å². The van der Waals surface area contributed by atoms with Gasteiger partial charge in [0.1, 0.15) is 5.69 Å². The van der Waals surface area contributed by atoms with Crippen molar-refractivity contribution in [1.29, 1.82) is 0 Å². The molecule has 0 saturated carbocycles. The van der Waals surface area contributed by atoms with Gasteiger partial charge >= 0.3 is 0 Å². The molecule has 1 N–H and O–H groups in total. The highest BCUT2D eigenvalue weighted by molar-refractivity contribution is 9.10. The average Bonchev–Trinajstić information content (AvgIpc) is 2.87.